The van der Waals surface area contributed by atoms with Crippen molar-refractivity contribution < 1.29 is 9.47 Å². The summed E-state index contributed by atoms with van der Waals surface area (Å²) in [4.78, 5) is 0. The molecule has 1 radical (unpaired) electrons. The van der Waals surface area contributed by atoms with Crippen molar-refractivity contribution in [1.82, 2.24) is 0 Å². The van der Waals surface area contributed by atoms with Gasteiger partial charge in [0.15, 0.2) is 0 Å². The van der Waals surface area contributed by atoms with E-state index in [1.165, 1.54) is 5.56 Å². The third kappa shape index (κ3) is 2.07. The van der Waals surface area contributed by atoms with Gasteiger partial charge in [0, 0.05) is 13.2 Å². The van der Waals surface area contributed by atoms with Gasteiger partial charge in [-0.2, -0.15) is 0 Å². The fourth-order valence-electron chi connectivity index (χ4n) is 1.87. The Bertz CT molecular complexity index is 273. The lowest BCUT2D eigenvalue weighted by Gasteiger charge is -2.22. The highest BCUT2D eigenvalue weighted by Gasteiger charge is 2.15. The Hall–Kier alpha value is -1.02. The minimum absolute atomic E-state index is 0.655. The third-order valence-corrected chi connectivity index (χ3v) is 2.74. The van der Waals surface area contributed by atoms with Crippen LogP contribution in [0.5, 0.6) is 5.75 Å². The maximum absolute atomic E-state index is 5.33. The van der Waals surface area contributed by atoms with Crippen LogP contribution in [-0.4, -0.2) is 13.2 Å². The molecule has 2 nitrogen and oxygen atoms in total. The van der Waals surface area contributed by atoms with Crippen LogP contribution in [-0.2, 0) is 4.74 Å². The smallest absolute Gasteiger partial charge is 0.122 e. The predicted molar refractivity (Wildman–Crippen MR) is 55.2 cm³/mol. The van der Waals surface area contributed by atoms with Gasteiger partial charge in [0.05, 0.1) is 0 Å². The van der Waals surface area contributed by atoms with E-state index in [1.54, 1.807) is 0 Å². The molecule has 1 aromatic rings. The van der Waals surface area contributed by atoms with Crippen LogP contribution in [0.3, 0.4) is 0 Å². The predicted octanol–water partition coefficient (Wildman–Crippen LogP) is 2.75. The quantitative estimate of drug-likeness (QED) is 0.715. The average Bonchev–Trinajstić information content (AvgIpc) is 2.30. The van der Waals surface area contributed by atoms with Crippen molar-refractivity contribution in [2.24, 2.45) is 0 Å². The molecule has 1 aromatic carbocycles. The number of benzene rings is 1. The topological polar surface area (TPSA) is 18.5 Å². The molecule has 0 N–H and O–H groups in total. The Morgan fingerprint density at radius 1 is 1.14 bits per heavy atom. The van der Waals surface area contributed by atoms with Crippen molar-refractivity contribution in [2.45, 2.75) is 18.8 Å². The molecule has 1 aliphatic rings. The van der Waals surface area contributed by atoms with Gasteiger partial charge < -0.3 is 9.47 Å². The summed E-state index contributed by atoms with van der Waals surface area (Å²) in [6.45, 7) is 1.77. The lowest BCUT2D eigenvalue weighted by molar-refractivity contribution is 0.0853. The first-order valence-electron chi connectivity index (χ1n) is 5.00. The molecule has 1 fully saturated rings. The molecule has 0 bridgehead atoms. The van der Waals surface area contributed by atoms with E-state index in [0.717, 1.165) is 31.8 Å². The van der Waals surface area contributed by atoms with Crippen LogP contribution in [0.2, 0.25) is 0 Å². The molecule has 2 rings (SSSR count). The first kappa shape index (κ1) is 9.53. The van der Waals surface area contributed by atoms with Crippen LogP contribution < -0.4 is 4.74 Å². The Kier molecular flexibility index (Phi) is 3.04. The zero-order valence-corrected chi connectivity index (χ0v) is 8.24. The minimum Gasteiger partial charge on any atom is -0.490 e. The second-order valence-electron chi connectivity index (χ2n) is 3.60. The molecule has 14 heavy (non-hydrogen) atoms. The summed E-state index contributed by atoms with van der Waals surface area (Å²) in [6, 6.07) is 8.18. The second kappa shape index (κ2) is 4.47. The molecule has 0 unspecified atom stereocenters. The highest BCUT2D eigenvalue weighted by atomic mass is 16.5. The van der Waals surface area contributed by atoms with E-state index in [4.69, 9.17) is 9.47 Å². The first-order chi connectivity index (χ1) is 6.90. The van der Waals surface area contributed by atoms with Gasteiger partial charge in [0.1, 0.15) is 12.9 Å². The normalized spacial score (nSPS) is 18.1. The highest BCUT2D eigenvalue weighted by molar-refractivity contribution is 5.29. The zero-order chi connectivity index (χ0) is 9.80. The summed E-state index contributed by atoms with van der Waals surface area (Å²) in [5.74, 6) is 1.48. The first-order valence-corrected chi connectivity index (χ1v) is 5.00. The van der Waals surface area contributed by atoms with E-state index in [1.807, 2.05) is 12.1 Å². The summed E-state index contributed by atoms with van der Waals surface area (Å²) in [7, 11) is 3.38. The van der Waals surface area contributed by atoms with Gasteiger partial charge in [-0.05, 0) is 36.5 Å². The number of hydrogen-bond donors (Lipinski definition) is 0. The molecule has 0 amide bonds. The van der Waals surface area contributed by atoms with Crippen molar-refractivity contribution in [2.75, 3.05) is 13.2 Å². The monoisotopic (exact) mass is 191 g/mol. The molecule has 1 heterocycles. The fraction of sp³-hybridized carbons (Fsp3) is 0.417. The average molecular weight is 191 g/mol. The summed E-state index contributed by atoms with van der Waals surface area (Å²) >= 11 is 0. The van der Waals surface area contributed by atoms with Crippen molar-refractivity contribution in [3.8, 4) is 5.75 Å². The Balaban J connectivity index is 2.07. The molecule has 0 atom stereocenters. The maximum atomic E-state index is 5.33. The molecule has 0 saturated carbocycles. The molecule has 1 saturated heterocycles. The Labute approximate surface area is 84.8 Å². The standard InChI is InChI=1S/C12H15O2/c1-13-12-4-2-10(3-5-12)11-6-8-14-9-7-11/h2-5,11H,1,6-9H2. The molecule has 75 valence electrons. The van der Waals surface area contributed by atoms with Gasteiger partial charge in [-0.3, -0.25) is 0 Å². The van der Waals surface area contributed by atoms with Crippen LogP contribution in [0, 0.1) is 7.11 Å². The molecule has 0 spiro atoms. The van der Waals surface area contributed by atoms with E-state index in [2.05, 4.69) is 19.2 Å². The summed E-state index contributed by atoms with van der Waals surface area (Å²) in [5, 5.41) is 0. The molecule has 0 aromatic heterocycles. The van der Waals surface area contributed by atoms with Crippen LogP contribution >= 0.6 is 0 Å². The van der Waals surface area contributed by atoms with Gasteiger partial charge >= 0.3 is 0 Å². The zero-order valence-electron chi connectivity index (χ0n) is 8.24. The van der Waals surface area contributed by atoms with Crippen molar-refractivity contribution in [3.63, 3.8) is 0 Å². The van der Waals surface area contributed by atoms with E-state index >= 15 is 0 Å². The minimum atomic E-state index is 0.655. The van der Waals surface area contributed by atoms with Gasteiger partial charge in [0.25, 0.3) is 0 Å². The van der Waals surface area contributed by atoms with E-state index in [9.17, 15) is 0 Å². The Morgan fingerprint density at radius 3 is 2.36 bits per heavy atom. The van der Waals surface area contributed by atoms with Gasteiger partial charge in [0.2, 0.25) is 0 Å². The van der Waals surface area contributed by atoms with Crippen LogP contribution in [0.25, 0.3) is 0 Å². The molecular formula is C12H15O2. The van der Waals surface area contributed by atoms with E-state index in [0.29, 0.717) is 5.92 Å². The largest absolute Gasteiger partial charge is 0.490 e. The molecule has 0 aliphatic carbocycles. The van der Waals surface area contributed by atoms with Gasteiger partial charge in [-0.15, -0.1) is 0 Å². The summed E-state index contributed by atoms with van der Waals surface area (Å²) in [6.07, 6.45) is 2.26. The van der Waals surface area contributed by atoms with E-state index < -0.39 is 0 Å². The van der Waals surface area contributed by atoms with Crippen LogP contribution in [0.1, 0.15) is 24.3 Å². The fourth-order valence-corrected chi connectivity index (χ4v) is 1.87. The molecule has 1 aliphatic heterocycles. The highest BCUT2D eigenvalue weighted by Crippen LogP contribution is 2.27. The van der Waals surface area contributed by atoms with Crippen molar-refractivity contribution in [1.29, 1.82) is 0 Å². The molecular weight excluding hydrogens is 176 g/mol. The summed E-state index contributed by atoms with van der Waals surface area (Å²) < 4.78 is 10.2. The Morgan fingerprint density at radius 2 is 1.79 bits per heavy atom. The van der Waals surface area contributed by atoms with Crippen LogP contribution in [0.15, 0.2) is 24.3 Å². The van der Waals surface area contributed by atoms with Gasteiger partial charge in [-0.25, -0.2) is 0 Å². The van der Waals surface area contributed by atoms with Crippen LogP contribution in [0.4, 0.5) is 0 Å². The van der Waals surface area contributed by atoms with Gasteiger partial charge in [-0.1, -0.05) is 12.1 Å². The number of ether oxygens (including phenoxy) is 2. The summed E-state index contributed by atoms with van der Waals surface area (Å²) in [5.41, 5.74) is 1.38. The van der Waals surface area contributed by atoms with Crippen molar-refractivity contribution >= 4 is 0 Å². The number of hydrogen-bond acceptors (Lipinski definition) is 2. The van der Waals surface area contributed by atoms with E-state index in [-0.39, 0.29) is 0 Å². The number of rotatable bonds is 2. The lowest BCUT2D eigenvalue weighted by Crippen LogP contribution is -2.13. The maximum Gasteiger partial charge on any atom is 0.122 e. The third-order valence-electron chi connectivity index (χ3n) is 2.74. The molecule has 2 heteroatoms. The SMILES string of the molecule is [CH2]Oc1ccc(C2CCOCC2)cc1. The van der Waals surface area contributed by atoms with Crippen molar-refractivity contribution in [3.05, 3.63) is 36.9 Å². The second-order valence-corrected chi connectivity index (χ2v) is 3.60. The lowest BCUT2D eigenvalue weighted by atomic mass is 9.92.